The summed E-state index contributed by atoms with van der Waals surface area (Å²) < 4.78 is 5.31. The van der Waals surface area contributed by atoms with Gasteiger partial charge in [-0.05, 0) is 61.9 Å². The Morgan fingerprint density at radius 2 is 1.78 bits per heavy atom. The normalized spacial score (nSPS) is 21.4. The molecule has 0 aliphatic carbocycles. The molecule has 1 spiro atoms. The highest BCUT2D eigenvalue weighted by Gasteiger charge is 2.37. The molecule has 0 bridgehead atoms. The van der Waals surface area contributed by atoms with E-state index in [1.807, 2.05) is 11.0 Å². The molecule has 0 aromatic heterocycles. The fourth-order valence-electron chi connectivity index (χ4n) is 4.01. The Labute approximate surface area is 139 Å². The lowest BCUT2D eigenvalue weighted by Gasteiger charge is -2.46. The molecule has 0 unspecified atom stereocenters. The van der Waals surface area contributed by atoms with E-state index in [0.29, 0.717) is 5.41 Å². The molecule has 1 aromatic rings. The lowest BCUT2D eigenvalue weighted by atomic mass is 9.71. The summed E-state index contributed by atoms with van der Waals surface area (Å²) in [7, 11) is 1.72. The second-order valence-corrected chi connectivity index (χ2v) is 7.13. The Morgan fingerprint density at radius 1 is 1.13 bits per heavy atom. The van der Waals surface area contributed by atoms with Crippen molar-refractivity contribution in [1.29, 1.82) is 0 Å². The summed E-state index contributed by atoms with van der Waals surface area (Å²) in [5, 5.41) is 0. The van der Waals surface area contributed by atoms with Crippen molar-refractivity contribution >= 4 is 5.91 Å². The van der Waals surface area contributed by atoms with Crippen LogP contribution in [0.15, 0.2) is 24.3 Å². The van der Waals surface area contributed by atoms with Crippen LogP contribution in [0.3, 0.4) is 0 Å². The molecule has 126 valence electrons. The number of hydrogen-bond acceptors (Lipinski definition) is 3. The zero-order valence-corrected chi connectivity index (χ0v) is 14.4. The van der Waals surface area contributed by atoms with Gasteiger partial charge in [-0.25, -0.2) is 0 Å². The van der Waals surface area contributed by atoms with Gasteiger partial charge in [0.2, 0.25) is 5.91 Å². The van der Waals surface area contributed by atoms with Crippen LogP contribution in [0.2, 0.25) is 0 Å². The number of rotatable bonds is 3. The first-order chi connectivity index (χ1) is 11.1. The summed E-state index contributed by atoms with van der Waals surface area (Å²) in [6.45, 7) is 6.92. The third-order valence-corrected chi connectivity index (χ3v) is 5.73. The SMILES string of the molecule is COc1cccc(CN2CCC3(CC2)CCN(C(C)=O)CC3)c1. The average molecular weight is 316 g/mol. The fraction of sp³-hybridized carbons (Fsp3) is 0.632. The first-order valence-corrected chi connectivity index (χ1v) is 8.71. The van der Waals surface area contributed by atoms with Crippen molar-refractivity contribution in [3.05, 3.63) is 29.8 Å². The minimum atomic E-state index is 0.232. The van der Waals surface area contributed by atoms with Gasteiger partial charge in [0.05, 0.1) is 7.11 Å². The molecular formula is C19H28N2O2. The summed E-state index contributed by atoms with van der Waals surface area (Å²) in [6, 6.07) is 8.38. The number of likely N-dealkylation sites (tertiary alicyclic amines) is 2. The smallest absolute Gasteiger partial charge is 0.219 e. The molecule has 2 saturated heterocycles. The molecule has 4 heteroatoms. The summed E-state index contributed by atoms with van der Waals surface area (Å²) in [5.41, 5.74) is 1.81. The van der Waals surface area contributed by atoms with Gasteiger partial charge < -0.3 is 9.64 Å². The number of carbonyl (C=O) groups excluding carboxylic acids is 1. The van der Waals surface area contributed by atoms with Crippen LogP contribution >= 0.6 is 0 Å². The van der Waals surface area contributed by atoms with Gasteiger partial charge in [-0.15, -0.1) is 0 Å². The Morgan fingerprint density at radius 3 is 2.39 bits per heavy atom. The molecule has 0 atom stereocenters. The molecule has 0 N–H and O–H groups in total. The van der Waals surface area contributed by atoms with Crippen LogP contribution in [0, 0.1) is 5.41 Å². The van der Waals surface area contributed by atoms with E-state index >= 15 is 0 Å². The molecule has 2 heterocycles. The Bertz CT molecular complexity index is 540. The maximum Gasteiger partial charge on any atom is 0.219 e. The Kier molecular flexibility index (Phi) is 4.90. The highest BCUT2D eigenvalue weighted by molar-refractivity contribution is 5.73. The largest absolute Gasteiger partial charge is 0.497 e. The van der Waals surface area contributed by atoms with E-state index in [2.05, 4.69) is 23.1 Å². The maximum atomic E-state index is 11.5. The van der Waals surface area contributed by atoms with Gasteiger partial charge in [0, 0.05) is 26.6 Å². The lowest BCUT2D eigenvalue weighted by Crippen LogP contribution is -2.47. The summed E-state index contributed by atoms with van der Waals surface area (Å²) in [4.78, 5) is 16.0. The number of benzene rings is 1. The first kappa shape index (κ1) is 16.3. The Balaban J connectivity index is 1.51. The monoisotopic (exact) mass is 316 g/mol. The zero-order chi connectivity index (χ0) is 16.3. The number of piperidine rings is 2. The van der Waals surface area contributed by atoms with E-state index in [9.17, 15) is 4.79 Å². The van der Waals surface area contributed by atoms with Crippen molar-refractivity contribution in [1.82, 2.24) is 9.80 Å². The summed E-state index contributed by atoms with van der Waals surface area (Å²) >= 11 is 0. The molecule has 23 heavy (non-hydrogen) atoms. The molecule has 1 aromatic carbocycles. The zero-order valence-electron chi connectivity index (χ0n) is 14.4. The van der Waals surface area contributed by atoms with Crippen LogP contribution in [-0.2, 0) is 11.3 Å². The molecule has 3 rings (SSSR count). The number of carbonyl (C=O) groups is 1. The van der Waals surface area contributed by atoms with Gasteiger partial charge in [0.15, 0.2) is 0 Å². The molecule has 4 nitrogen and oxygen atoms in total. The second kappa shape index (κ2) is 6.91. The van der Waals surface area contributed by atoms with Gasteiger partial charge in [-0.1, -0.05) is 12.1 Å². The number of methoxy groups -OCH3 is 1. The first-order valence-electron chi connectivity index (χ1n) is 8.71. The molecular weight excluding hydrogens is 288 g/mol. The molecule has 1 amide bonds. The molecule has 0 saturated carbocycles. The van der Waals surface area contributed by atoms with E-state index in [1.165, 1.54) is 31.2 Å². The van der Waals surface area contributed by atoms with Crippen LogP contribution in [0.4, 0.5) is 0 Å². The minimum Gasteiger partial charge on any atom is -0.497 e. The molecule has 2 fully saturated rings. The second-order valence-electron chi connectivity index (χ2n) is 7.13. The van der Waals surface area contributed by atoms with Crippen molar-refractivity contribution in [2.45, 2.75) is 39.2 Å². The third-order valence-electron chi connectivity index (χ3n) is 5.73. The molecule has 2 aliphatic rings. The van der Waals surface area contributed by atoms with Gasteiger partial charge in [-0.3, -0.25) is 9.69 Å². The number of ether oxygens (including phenoxy) is 1. The minimum absolute atomic E-state index is 0.232. The maximum absolute atomic E-state index is 11.5. The van der Waals surface area contributed by atoms with Gasteiger partial charge >= 0.3 is 0 Å². The van der Waals surface area contributed by atoms with Gasteiger partial charge in [0.1, 0.15) is 5.75 Å². The number of amides is 1. The van der Waals surface area contributed by atoms with Crippen molar-refractivity contribution in [2.75, 3.05) is 33.3 Å². The van der Waals surface area contributed by atoms with E-state index in [0.717, 1.165) is 38.5 Å². The van der Waals surface area contributed by atoms with E-state index in [4.69, 9.17) is 4.74 Å². The molecule has 2 aliphatic heterocycles. The molecule has 0 radical (unpaired) electrons. The predicted octanol–water partition coefficient (Wildman–Crippen LogP) is 2.92. The lowest BCUT2D eigenvalue weighted by molar-refractivity contribution is -0.131. The standard InChI is InChI=1S/C19H28N2O2/c1-16(22)21-12-8-19(9-13-21)6-10-20(11-7-19)15-17-4-3-5-18(14-17)23-2/h3-5,14H,6-13,15H2,1-2H3. The number of nitrogens with zero attached hydrogens (tertiary/aromatic N) is 2. The van der Waals surface area contributed by atoms with Crippen LogP contribution in [0.1, 0.15) is 38.2 Å². The predicted molar refractivity (Wildman–Crippen MR) is 91.4 cm³/mol. The van der Waals surface area contributed by atoms with Crippen LogP contribution < -0.4 is 4.74 Å². The average Bonchev–Trinajstić information content (AvgIpc) is 2.58. The summed E-state index contributed by atoms with van der Waals surface area (Å²) in [6.07, 6.45) is 4.89. The van der Waals surface area contributed by atoms with Crippen LogP contribution in [0.25, 0.3) is 0 Å². The highest BCUT2D eigenvalue weighted by Crippen LogP contribution is 2.41. The van der Waals surface area contributed by atoms with E-state index < -0.39 is 0 Å². The highest BCUT2D eigenvalue weighted by atomic mass is 16.5. The third kappa shape index (κ3) is 3.86. The van der Waals surface area contributed by atoms with E-state index in [1.54, 1.807) is 14.0 Å². The van der Waals surface area contributed by atoms with Crippen LogP contribution in [-0.4, -0.2) is 49.0 Å². The number of hydrogen-bond donors (Lipinski definition) is 0. The van der Waals surface area contributed by atoms with Gasteiger partial charge in [-0.2, -0.15) is 0 Å². The summed E-state index contributed by atoms with van der Waals surface area (Å²) in [5.74, 6) is 1.17. The van der Waals surface area contributed by atoms with E-state index in [-0.39, 0.29) is 5.91 Å². The van der Waals surface area contributed by atoms with Crippen molar-refractivity contribution in [3.8, 4) is 5.75 Å². The quantitative estimate of drug-likeness (QED) is 0.859. The topological polar surface area (TPSA) is 32.8 Å². The van der Waals surface area contributed by atoms with Crippen molar-refractivity contribution in [3.63, 3.8) is 0 Å². The Hall–Kier alpha value is -1.55. The van der Waals surface area contributed by atoms with Crippen LogP contribution in [0.5, 0.6) is 5.75 Å². The van der Waals surface area contributed by atoms with Crippen molar-refractivity contribution in [2.24, 2.45) is 5.41 Å². The van der Waals surface area contributed by atoms with Gasteiger partial charge in [0.25, 0.3) is 0 Å². The fourth-order valence-corrected chi connectivity index (χ4v) is 4.01. The van der Waals surface area contributed by atoms with Crippen molar-refractivity contribution < 1.29 is 9.53 Å².